The number of halogens is 2. The van der Waals surface area contributed by atoms with Crippen LogP contribution in [0, 0.1) is 12.7 Å². The van der Waals surface area contributed by atoms with Gasteiger partial charge < -0.3 is 5.32 Å². The fourth-order valence-electron chi connectivity index (χ4n) is 2.80. The molecule has 1 atom stereocenters. The Morgan fingerprint density at radius 3 is 2.54 bits per heavy atom. The molecule has 0 aliphatic heterocycles. The molecule has 0 spiro atoms. The summed E-state index contributed by atoms with van der Waals surface area (Å²) in [6.07, 6.45) is 0.352. The Kier molecular flexibility index (Phi) is 5.90. The summed E-state index contributed by atoms with van der Waals surface area (Å²) in [5.41, 5.74) is 2.52. The highest BCUT2D eigenvalue weighted by molar-refractivity contribution is 6.31. The van der Waals surface area contributed by atoms with E-state index in [9.17, 15) is 14.0 Å². The molecule has 0 aliphatic carbocycles. The Morgan fingerprint density at radius 2 is 1.89 bits per heavy atom. The fourth-order valence-corrected chi connectivity index (χ4v) is 2.98. The average Bonchev–Trinajstić information content (AvgIpc) is 2.67. The summed E-state index contributed by atoms with van der Waals surface area (Å²) < 4.78 is 14.5. The maximum absolute atomic E-state index is 13.3. The maximum atomic E-state index is 13.3. The SMILES string of the molecule is CC[C@H](C(=O)Nc1ccc(F)c(Cl)c1)n1nc(-c2ccc(C)cc2)ccc1=O. The van der Waals surface area contributed by atoms with Crippen LogP contribution in [0.15, 0.2) is 59.4 Å². The molecule has 3 rings (SSSR count). The van der Waals surface area contributed by atoms with Crippen LogP contribution in [-0.4, -0.2) is 15.7 Å². The van der Waals surface area contributed by atoms with Gasteiger partial charge in [-0.2, -0.15) is 5.10 Å². The van der Waals surface area contributed by atoms with E-state index in [2.05, 4.69) is 10.4 Å². The Labute approximate surface area is 166 Å². The van der Waals surface area contributed by atoms with Gasteiger partial charge in [0.2, 0.25) is 5.91 Å². The minimum absolute atomic E-state index is 0.0949. The van der Waals surface area contributed by atoms with Crippen molar-refractivity contribution in [3.05, 3.63) is 81.4 Å². The van der Waals surface area contributed by atoms with E-state index in [1.54, 1.807) is 13.0 Å². The number of nitrogens with zero attached hydrogens (tertiary/aromatic N) is 2. The second-order valence-corrected chi connectivity index (χ2v) is 6.82. The number of hydrogen-bond donors (Lipinski definition) is 1. The number of benzene rings is 2. The first-order valence-electron chi connectivity index (χ1n) is 8.82. The third-order valence-electron chi connectivity index (χ3n) is 4.34. The van der Waals surface area contributed by atoms with Gasteiger partial charge in [-0.25, -0.2) is 9.07 Å². The van der Waals surface area contributed by atoms with E-state index >= 15 is 0 Å². The molecular weight excluding hydrogens is 381 g/mol. The normalized spacial score (nSPS) is 11.9. The average molecular weight is 400 g/mol. The number of carbonyl (C=O) groups is 1. The topological polar surface area (TPSA) is 64.0 Å². The first-order valence-corrected chi connectivity index (χ1v) is 9.19. The van der Waals surface area contributed by atoms with Crippen LogP contribution in [0.5, 0.6) is 0 Å². The van der Waals surface area contributed by atoms with Crippen LogP contribution in [0.3, 0.4) is 0 Å². The quantitative estimate of drug-likeness (QED) is 0.681. The molecule has 0 saturated heterocycles. The van der Waals surface area contributed by atoms with Gasteiger partial charge >= 0.3 is 0 Å². The molecular formula is C21H19ClFN3O2. The van der Waals surface area contributed by atoms with E-state index in [0.29, 0.717) is 17.8 Å². The lowest BCUT2D eigenvalue weighted by Gasteiger charge is -2.17. The van der Waals surface area contributed by atoms with Gasteiger partial charge in [-0.15, -0.1) is 0 Å². The summed E-state index contributed by atoms with van der Waals surface area (Å²) in [5.74, 6) is -1.00. The van der Waals surface area contributed by atoms with Crippen LogP contribution in [0.2, 0.25) is 5.02 Å². The van der Waals surface area contributed by atoms with E-state index in [1.165, 1.54) is 28.9 Å². The number of amides is 1. The van der Waals surface area contributed by atoms with Crippen molar-refractivity contribution >= 4 is 23.2 Å². The second kappa shape index (κ2) is 8.35. The lowest BCUT2D eigenvalue weighted by Crippen LogP contribution is -2.34. The van der Waals surface area contributed by atoms with Crippen LogP contribution in [-0.2, 0) is 4.79 Å². The maximum Gasteiger partial charge on any atom is 0.267 e. The van der Waals surface area contributed by atoms with Crippen LogP contribution in [0.25, 0.3) is 11.3 Å². The summed E-state index contributed by atoms with van der Waals surface area (Å²) in [6.45, 7) is 3.77. The van der Waals surface area contributed by atoms with Gasteiger partial charge in [-0.05, 0) is 37.6 Å². The summed E-state index contributed by atoms with van der Waals surface area (Å²) >= 11 is 5.76. The summed E-state index contributed by atoms with van der Waals surface area (Å²) in [5, 5.41) is 6.96. The minimum atomic E-state index is -0.818. The van der Waals surface area contributed by atoms with Gasteiger partial charge in [0.25, 0.3) is 5.56 Å². The predicted molar refractivity (Wildman–Crippen MR) is 108 cm³/mol. The fraction of sp³-hybridized carbons (Fsp3) is 0.190. The highest BCUT2D eigenvalue weighted by atomic mass is 35.5. The van der Waals surface area contributed by atoms with Crippen molar-refractivity contribution in [1.82, 2.24) is 9.78 Å². The molecule has 0 fully saturated rings. The lowest BCUT2D eigenvalue weighted by molar-refractivity contribution is -0.119. The molecule has 0 unspecified atom stereocenters. The second-order valence-electron chi connectivity index (χ2n) is 6.41. The Balaban J connectivity index is 1.91. The third kappa shape index (κ3) is 4.28. The monoisotopic (exact) mass is 399 g/mol. The molecule has 3 aromatic rings. The van der Waals surface area contributed by atoms with Crippen molar-refractivity contribution in [2.24, 2.45) is 0 Å². The van der Waals surface area contributed by atoms with Gasteiger partial charge in [0, 0.05) is 17.3 Å². The van der Waals surface area contributed by atoms with Gasteiger partial charge in [0.05, 0.1) is 10.7 Å². The largest absolute Gasteiger partial charge is 0.324 e. The Bertz CT molecular complexity index is 1060. The zero-order valence-corrected chi connectivity index (χ0v) is 16.2. The lowest BCUT2D eigenvalue weighted by atomic mass is 10.1. The molecule has 7 heteroatoms. The molecule has 1 amide bonds. The van der Waals surface area contributed by atoms with Crippen LogP contribution >= 0.6 is 11.6 Å². The van der Waals surface area contributed by atoms with Crippen molar-refractivity contribution in [1.29, 1.82) is 0 Å². The van der Waals surface area contributed by atoms with Crippen molar-refractivity contribution in [3.8, 4) is 11.3 Å². The molecule has 0 aliphatic rings. The number of hydrogen-bond acceptors (Lipinski definition) is 3. The zero-order valence-electron chi connectivity index (χ0n) is 15.4. The number of nitrogens with one attached hydrogen (secondary N) is 1. The Hall–Kier alpha value is -2.99. The van der Waals surface area contributed by atoms with Crippen molar-refractivity contribution in [2.45, 2.75) is 26.3 Å². The number of aryl methyl sites for hydroxylation is 1. The molecule has 2 aromatic carbocycles. The van der Waals surface area contributed by atoms with Crippen molar-refractivity contribution < 1.29 is 9.18 Å². The first-order chi connectivity index (χ1) is 13.4. The molecule has 5 nitrogen and oxygen atoms in total. The van der Waals surface area contributed by atoms with E-state index in [4.69, 9.17) is 11.6 Å². The molecule has 28 heavy (non-hydrogen) atoms. The van der Waals surface area contributed by atoms with E-state index < -0.39 is 17.8 Å². The summed E-state index contributed by atoms with van der Waals surface area (Å²) in [6, 6.07) is 13.8. The number of carbonyl (C=O) groups excluding carboxylic acids is 1. The van der Waals surface area contributed by atoms with Gasteiger partial charge in [-0.3, -0.25) is 9.59 Å². The number of rotatable bonds is 5. The van der Waals surface area contributed by atoms with Crippen LogP contribution in [0.4, 0.5) is 10.1 Å². The molecule has 1 heterocycles. The Morgan fingerprint density at radius 1 is 1.18 bits per heavy atom. The highest BCUT2D eigenvalue weighted by Crippen LogP contribution is 2.21. The van der Waals surface area contributed by atoms with E-state index in [1.807, 2.05) is 31.2 Å². The molecule has 144 valence electrons. The van der Waals surface area contributed by atoms with E-state index in [-0.39, 0.29) is 10.6 Å². The molecule has 1 aromatic heterocycles. The van der Waals surface area contributed by atoms with Gasteiger partial charge in [0.1, 0.15) is 11.9 Å². The summed E-state index contributed by atoms with van der Waals surface area (Å²) in [4.78, 5) is 25.1. The number of anilines is 1. The standard InChI is InChI=1S/C21H19ClFN3O2/c1-3-19(21(28)24-15-8-9-17(23)16(22)12-15)26-20(27)11-10-18(25-26)14-6-4-13(2)5-7-14/h4-12,19H,3H2,1-2H3,(H,24,28)/t19-/m1/s1. The van der Waals surface area contributed by atoms with Crippen LogP contribution < -0.4 is 10.9 Å². The van der Waals surface area contributed by atoms with Crippen molar-refractivity contribution in [3.63, 3.8) is 0 Å². The van der Waals surface area contributed by atoms with Crippen LogP contribution in [0.1, 0.15) is 24.9 Å². The van der Waals surface area contributed by atoms with E-state index in [0.717, 1.165) is 11.1 Å². The molecule has 0 bridgehead atoms. The van der Waals surface area contributed by atoms with Gasteiger partial charge in [0.15, 0.2) is 0 Å². The highest BCUT2D eigenvalue weighted by Gasteiger charge is 2.22. The molecule has 0 radical (unpaired) electrons. The van der Waals surface area contributed by atoms with Gasteiger partial charge in [-0.1, -0.05) is 48.4 Å². The molecule has 0 saturated carbocycles. The first kappa shape index (κ1) is 19.8. The molecule has 1 N–H and O–H groups in total. The number of aromatic nitrogens is 2. The minimum Gasteiger partial charge on any atom is -0.324 e. The predicted octanol–water partition coefficient (Wildman–Crippen LogP) is 4.60. The zero-order chi connectivity index (χ0) is 20.3. The summed E-state index contributed by atoms with van der Waals surface area (Å²) in [7, 11) is 0. The smallest absolute Gasteiger partial charge is 0.267 e. The third-order valence-corrected chi connectivity index (χ3v) is 4.63. The van der Waals surface area contributed by atoms with Crippen molar-refractivity contribution in [2.75, 3.05) is 5.32 Å².